The monoisotopic (exact) mass is 129 g/mol. The molecule has 1 heterocycles. The number of likely N-dealkylation sites (N-methyl/N-ethyl adjacent to an activating group) is 1. The van der Waals surface area contributed by atoms with Crippen LogP contribution in [0.1, 0.15) is 6.42 Å². The molecule has 0 saturated carbocycles. The summed E-state index contributed by atoms with van der Waals surface area (Å²) in [5.41, 5.74) is 5.29. The van der Waals surface area contributed by atoms with E-state index in [0.29, 0.717) is 12.5 Å². The molecule has 52 valence electrons. The summed E-state index contributed by atoms with van der Waals surface area (Å²) in [6.45, 7) is 0.808. The van der Waals surface area contributed by atoms with E-state index in [2.05, 4.69) is 16.2 Å². The Bertz CT molecular complexity index is 115. The second kappa shape index (κ2) is 2.80. The highest BCUT2D eigenvalue weighted by Gasteiger charge is 2.15. The highest BCUT2D eigenvalue weighted by Crippen LogP contribution is 1.92. The first-order valence-electron chi connectivity index (χ1n) is 3.02. The summed E-state index contributed by atoms with van der Waals surface area (Å²) in [5, 5.41) is 3.01. The summed E-state index contributed by atoms with van der Waals surface area (Å²) in [6.07, 6.45) is 0.573. The highest BCUT2D eigenvalue weighted by atomic mass is 16.2. The quantitative estimate of drug-likeness (QED) is 0.408. The lowest BCUT2D eigenvalue weighted by molar-refractivity contribution is -0.124. The van der Waals surface area contributed by atoms with E-state index < -0.39 is 0 Å². The third-order valence-electron chi connectivity index (χ3n) is 1.42. The summed E-state index contributed by atoms with van der Waals surface area (Å²) >= 11 is 0. The van der Waals surface area contributed by atoms with Crippen molar-refractivity contribution in [3.05, 3.63) is 0 Å². The minimum absolute atomic E-state index is 0.0561. The second-order valence-corrected chi connectivity index (χ2v) is 2.12. The zero-order valence-electron chi connectivity index (χ0n) is 5.40. The van der Waals surface area contributed by atoms with E-state index in [1.807, 2.05) is 7.05 Å². The van der Waals surface area contributed by atoms with Crippen LogP contribution in [0.15, 0.2) is 0 Å². The van der Waals surface area contributed by atoms with Crippen LogP contribution in [0.4, 0.5) is 0 Å². The van der Waals surface area contributed by atoms with Crippen molar-refractivity contribution < 1.29 is 4.79 Å². The number of nitrogens with one attached hydrogen (secondary N) is 3. The molecule has 0 radical (unpaired) electrons. The van der Waals surface area contributed by atoms with Gasteiger partial charge in [0.15, 0.2) is 0 Å². The summed E-state index contributed by atoms with van der Waals surface area (Å²) in [4.78, 5) is 10.6. The van der Waals surface area contributed by atoms with Gasteiger partial charge in [0, 0.05) is 19.0 Å². The molecule has 1 aliphatic heterocycles. The molecule has 0 aromatic heterocycles. The fourth-order valence-electron chi connectivity index (χ4n) is 0.824. The molecule has 1 amide bonds. The van der Waals surface area contributed by atoms with Gasteiger partial charge in [-0.25, -0.2) is 5.43 Å². The Balaban J connectivity index is 2.32. The first kappa shape index (κ1) is 6.51. The maximum Gasteiger partial charge on any atom is 0.235 e. The Hall–Kier alpha value is -0.610. The van der Waals surface area contributed by atoms with Crippen LogP contribution in [0.5, 0.6) is 0 Å². The largest absolute Gasteiger partial charge is 0.315 e. The SMILES string of the molecule is CNC1CNNC(=O)C1. The third kappa shape index (κ3) is 1.65. The van der Waals surface area contributed by atoms with Crippen LogP contribution in [-0.4, -0.2) is 25.5 Å². The molecule has 1 unspecified atom stereocenters. The first-order valence-corrected chi connectivity index (χ1v) is 3.02. The molecule has 1 rings (SSSR count). The van der Waals surface area contributed by atoms with Gasteiger partial charge in [-0.3, -0.25) is 10.2 Å². The number of rotatable bonds is 1. The minimum atomic E-state index is 0.0561. The minimum Gasteiger partial charge on any atom is -0.315 e. The van der Waals surface area contributed by atoms with E-state index in [-0.39, 0.29) is 5.91 Å². The molecule has 1 aliphatic rings. The van der Waals surface area contributed by atoms with Crippen molar-refractivity contribution in [2.45, 2.75) is 12.5 Å². The number of hydrogen-bond donors (Lipinski definition) is 3. The van der Waals surface area contributed by atoms with Crippen molar-refractivity contribution in [1.29, 1.82) is 0 Å². The van der Waals surface area contributed by atoms with Crippen LogP contribution < -0.4 is 16.2 Å². The molecule has 4 nitrogen and oxygen atoms in total. The first-order chi connectivity index (χ1) is 4.33. The van der Waals surface area contributed by atoms with Gasteiger partial charge in [-0.15, -0.1) is 0 Å². The fraction of sp³-hybridized carbons (Fsp3) is 0.800. The van der Waals surface area contributed by atoms with E-state index in [4.69, 9.17) is 0 Å². The Kier molecular flexibility index (Phi) is 2.02. The van der Waals surface area contributed by atoms with Gasteiger partial charge in [0.1, 0.15) is 0 Å². The van der Waals surface area contributed by atoms with Crippen LogP contribution in [-0.2, 0) is 4.79 Å². The van der Waals surface area contributed by atoms with Crippen LogP contribution in [0, 0.1) is 0 Å². The Labute approximate surface area is 54.0 Å². The standard InChI is InChI=1S/C5H11N3O/c1-6-4-2-5(9)8-7-3-4/h4,6-7H,2-3H2,1H3,(H,8,9). The van der Waals surface area contributed by atoms with Crippen LogP contribution in [0.25, 0.3) is 0 Å². The molecule has 0 aliphatic carbocycles. The normalized spacial score (nSPS) is 27.7. The van der Waals surface area contributed by atoms with Gasteiger partial charge in [0.05, 0.1) is 0 Å². The van der Waals surface area contributed by atoms with Gasteiger partial charge >= 0.3 is 0 Å². The zero-order valence-corrected chi connectivity index (χ0v) is 5.40. The molecule has 0 spiro atoms. The number of amides is 1. The van der Waals surface area contributed by atoms with E-state index >= 15 is 0 Å². The van der Waals surface area contributed by atoms with Crippen molar-refractivity contribution in [2.24, 2.45) is 0 Å². The average Bonchev–Trinajstić information content (AvgIpc) is 1.88. The average molecular weight is 129 g/mol. The number of hydrogen-bond acceptors (Lipinski definition) is 3. The molecule has 0 aromatic carbocycles. The maximum atomic E-state index is 10.6. The second-order valence-electron chi connectivity index (χ2n) is 2.12. The molecule has 1 fully saturated rings. The lowest BCUT2D eigenvalue weighted by Crippen LogP contribution is -2.53. The molecule has 4 heteroatoms. The lowest BCUT2D eigenvalue weighted by Gasteiger charge is -2.21. The Morgan fingerprint density at radius 2 is 2.56 bits per heavy atom. The Morgan fingerprint density at radius 1 is 1.78 bits per heavy atom. The molecular formula is C5H11N3O. The number of hydrazine groups is 1. The predicted octanol–water partition coefficient (Wildman–Crippen LogP) is -1.40. The molecule has 3 N–H and O–H groups in total. The molecule has 1 saturated heterocycles. The molecule has 0 aromatic rings. The van der Waals surface area contributed by atoms with Crippen molar-refractivity contribution in [1.82, 2.24) is 16.2 Å². The van der Waals surface area contributed by atoms with Crippen LogP contribution >= 0.6 is 0 Å². The molecule has 0 bridgehead atoms. The van der Waals surface area contributed by atoms with Gasteiger partial charge in [-0.1, -0.05) is 0 Å². The van der Waals surface area contributed by atoms with Gasteiger partial charge in [-0.2, -0.15) is 0 Å². The van der Waals surface area contributed by atoms with Crippen LogP contribution in [0.3, 0.4) is 0 Å². The van der Waals surface area contributed by atoms with Crippen molar-refractivity contribution >= 4 is 5.91 Å². The van der Waals surface area contributed by atoms with E-state index in [9.17, 15) is 4.79 Å². The maximum absolute atomic E-state index is 10.6. The number of carbonyl (C=O) groups excluding carboxylic acids is 1. The van der Waals surface area contributed by atoms with E-state index in [1.165, 1.54) is 0 Å². The molecular weight excluding hydrogens is 118 g/mol. The van der Waals surface area contributed by atoms with E-state index in [1.54, 1.807) is 0 Å². The third-order valence-corrected chi connectivity index (χ3v) is 1.42. The summed E-state index contributed by atoms with van der Waals surface area (Å²) in [7, 11) is 1.85. The van der Waals surface area contributed by atoms with Gasteiger partial charge in [0.2, 0.25) is 5.91 Å². The van der Waals surface area contributed by atoms with Crippen molar-refractivity contribution in [3.63, 3.8) is 0 Å². The smallest absolute Gasteiger partial charge is 0.235 e. The predicted molar refractivity (Wildman–Crippen MR) is 33.6 cm³/mol. The lowest BCUT2D eigenvalue weighted by atomic mass is 10.2. The molecule has 1 atom stereocenters. The summed E-state index contributed by atoms with van der Waals surface area (Å²) in [5.74, 6) is 0.0561. The topological polar surface area (TPSA) is 53.2 Å². The fourth-order valence-corrected chi connectivity index (χ4v) is 0.824. The van der Waals surface area contributed by atoms with Crippen LogP contribution in [0.2, 0.25) is 0 Å². The summed E-state index contributed by atoms with van der Waals surface area (Å²) < 4.78 is 0. The van der Waals surface area contributed by atoms with Gasteiger partial charge in [-0.05, 0) is 7.05 Å². The van der Waals surface area contributed by atoms with Crippen molar-refractivity contribution in [2.75, 3.05) is 13.6 Å². The summed E-state index contributed by atoms with van der Waals surface area (Å²) in [6, 6.07) is 0.291. The molecule has 9 heavy (non-hydrogen) atoms. The Morgan fingerprint density at radius 3 is 3.00 bits per heavy atom. The highest BCUT2D eigenvalue weighted by molar-refractivity contribution is 5.76. The number of carbonyl (C=O) groups is 1. The van der Waals surface area contributed by atoms with E-state index in [0.717, 1.165) is 6.54 Å². The van der Waals surface area contributed by atoms with Gasteiger partial charge < -0.3 is 5.32 Å². The van der Waals surface area contributed by atoms with Gasteiger partial charge in [0.25, 0.3) is 0 Å². The zero-order chi connectivity index (χ0) is 6.69. The van der Waals surface area contributed by atoms with Crippen molar-refractivity contribution in [3.8, 4) is 0 Å².